The Hall–Kier alpha value is -1.56. The van der Waals surface area contributed by atoms with Gasteiger partial charge in [0, 0.05) is 12.2 Å². The Balaban J connectivity index is 2.12. The SMILES string of the molecule is CCCCCOCCOc1ccc(-c2nnc([C@@](C)(N)CO[PH](=O)O)s2)cc1C(F)(F)F. The number of aromatic nitrogens is 2. The lowest BCUT2D eigenvalue weighted by atomic mass is 10.1. The van der Waals surface area contributed by atoms with Gasteiger partial charge in [0.1, 0.15) is 22.4 Å². The molecule has 0 aliphatic rings. The molecule has 0 fully saturated rings. The highest BCUT2D eigenvalue weighted by atomic mass is 32.1. The average molecular weight is 497 g/mol. The summed E-state index contributed by atoms with van der Waals surface area (Å²) in [6.45, 7) is 4.03. The summed E-state index contributed by atoms with van der Waals surface area (Å²) in [4.78, 5) is 8.81. The average Bonchev–Trinajstić information content (AvgIpc) is 3.22. The van der Waals surface area contributed by atoms with Gasteiger partial charge in [-0.25, -0.2) is 0 Å². The van der Waals surface area contributed by atoms with Gasteiger partial charge in [0.25, 0.3) is 0 Å². The normalized spacial score (nSPS) is 14.8. The fraction of sp³-hybridized carbons (Fsp3) is 0.579. The summed E-state index contributed by atoms with van der Waals surface area (Å²) in [5.41, 5.74) is 4.07. The van der Waals surface area contributed by atoms with Gasteiger partial charge in [0.15, 0.2) is 0 Å². The lowest BCUT2D eigenvalue weighted by Gasteiger charge is -2.19. The molecule has 0 amide bonds. The van der Waals surface area contributed by atoms with Crippen LogP contribution < -0.4 is 10.5 Å². The van der Waals surface area contributed by atoms with E-state index in [1.807, 2.05) is 0 Å². The van der Waals surface area contributed by atoms with Crippen LogP contribution in [-0.2, 0) is 25.5 Å². The molecule has 0 aliphatic carbocycles. The van der Waals surface area contributed by atoms with Crippen molar-refractivity contribution in [3.8, 4) is 16.3 Å². The van der Waals surface area contributed by atoms with Crippen LogP contribution in [0.15, 0.2) is 18.2 Å². The van der Waals surface area contributed by atoms with E-state index in [0.717, 1.165) is 36.7 Å². The van der Waals surface area contributed by atoms with E-state index >= 15 is 0 Å². The molecule has 1 heterocycles. The minimum absolute atomic E-state index is 0.00295. The highest BCUT2D eigenvalue weighted by molar-refractivity contribution is 7.32. The molecule has 2 aromatic rings. The molecule has 32 heavy (non-hydrogen) atoms. The third-order valence-electron chi connectivity index (χ3n) is 4.32. The van der Waals surface area contributed by atoms with Crippen molar-refractivity contribution in [2.24, 2.45) is 5.73 Å². The first-order valence-electron chi connectivity index (χ1n) is 9.95. The highest BCUT2D eigenvalue weighted by Crippen LogP contribution is 2.40. The van der Waals surface area contributed by atoms with E-state index < -0.39 is 25.5 Å². The predicted octanol–water partition coefficient (Wildman–Crippen LogP) is 4.38. The first-order chi connectivity index (χ1) is 15.0. The van der Waals surface area contributed by atoms with Crippen molar-refractivity contribution in [3.63, 3.8) is 0 Å². The molecule has 1 aromatic carbocycles. The molecule has 8 nitrogen and oxygen atoms in total. The maximum Gasteiger partial charge on any atom is 0.419 e. The number of halogens is 3. The Labute approximate surface area is 188 Å². The summed E-state index contributed by atoms with van der Waals surface area (Å²) in [6, 6.07) is 3.63. The standard InChI is InChI=1S/C19H27F3N3O5PS/c1-3-4-5-8-28-9-10-29-15-7-6-13(11-14(15)19(20,21)22)16-24-25-17(32-16)18(2,23)12-30-31(26)27/h6-7,11,31H,3-5,8-10,12,23H2,1-2H3,(H,26,27)/t18-/m0/s1. The monoisotopic (exact) mass is 497 g/mol. The maximum absolute atomic E-state index is 13.6. The van der Waals surface area contributed by atoms with Crippen molar-refractivity contribution < 1.29 is 36.6 Å². The molecule has 0 saturated heterocycles. The molecular weight excluding hydrogens is 470 g/mol. The lowest BCUT2D eigenvalue weighted by Crippen LogP contribution is -2.37. The summed E-state index contributed by atoms with van der Waals surface area (Å²) in [5.74, 6) is -0.298. The van der Waals surface area contributed by atoms with Crippen LogP contribution in [-0.4, -0.2) is 41.5 Å². The van der Waals surface area contributed by atoms with Crippen molar-refractivity contribution in [1.29, 1.82) is 0 Å². The molecule has 0 spiro atoms. The summed E-state index contributed by atoms with van der Waals surface area (Å²) >= 11 is 0.973. The van der Waals surface area contributed by atoms with Crippen LogP contribution >= 0.6 is 19.6 Å². The molecular formula is C19H27F3N3O5PS. The van der Waals surface area contributed by atoms with Crippen LogP contribution in [0.25, 0.3) is 10.6 Å². The van der Waals surface area contributed by atoms with Gasteiger partial charge in [-0.2, -0.15) is 13.2 Å². The highest BCUT2D eigenvalue weighted by Gasteiger charge is 2.35. The number of benzene rings is 1. The van der Waals surface area contributed by atoms with Gasteiger partial charge in [-0.3, -0.25) is 4.57 Å². The third-order valence-corrected chi connectivity index (χ3v) is 5.96. The van der Waals surface area contributed by atoms with Gasteiger partial charge in [-0.1, -0.05) is 31.1 Å². The van der Waals surface area contributed by atoms with Crippen LogP contribution in [0.5, 0.6) is 5.75 Å². The van der Waals surface area contributed by atoms with E-state index in [2.05, 4.69) is 21.6 Å². The lowest BCUT2D eigenvalue weighted by molar-refractivity contribution is -0.139. The maximum atomic E-state index is 13.6. The zero-order chi connectivity index (χ0) is 23.8. The van der Waals surface area contributed by atoms with Crippen LogP contribution in [0.3, 0.4) is 0 Å². The Morgan fingerprint density at radius 2 is 1.94 bits per heavy atom. The Morgan fingerprint density at radius 1 is 1.19 bits per heavy atom. The second kappa shape index (κ2) is 12.1. The van der Waals surface area contributed by atoms with E-state index in [9.17, 15) is 17.7 Å². The molecule has 2 atom stereocenters. The molecule has 1 aromatic heterocycles. The van der Waals surface area contributed by atoms with Crippen LogP contribution in [0, 0.1) is 0 Å². The molecule has 0 bridgehead atoms. The Bertz CT molecular complexity index is 895. The summed E-state index contributed by atoms with van der Waals surface area (Å²) in [6.07, 6.45) is -1.65. The van der Waals surface area contributed by atoms with Crippen LogP contribution in [0.1, 0.15) is 43.7 Å². The second-order valence-electron chi connectivity index (χ2n) is 7.26. The smallest absolute Gasteiger partial charge is 0.419 e. The van der Waals surface area contributed by atoms with Crippen molar-refractivity contribution in [2.75, 3.05) is 26.4 Å². The number of nitrogens with zero attached hydrogens (tertiary/aromatic N) is 2. The number of alkyl halides is 3. The largest absolute Gasteiger partial charge is 0.491 e. The number of hydrogen-bond donors (Lipinski definition) is 2. The molecule has 2 rings (SSSR count). The minimum Gasteiger partial charge on any atom is -0.491 e. The van der Waals surface area contributed by atoms with E-state index in [4.69, 9.17) is 20.1 Å². The third kappa shape index (κ3) is 8.09. The minimum atomic E-state index is -4.63. The van der Waals surface area contributed by atoms with Gasteiger partial charge in [-0.05, 0) is 31.5 Å². The summed E-state index contributed by atoms with van der Waals surface area (Å²) < 4.78 is 66.9. The zero-order valence-electron chi connectivity index (χ0n) is 17.8. The molecule has 3 N–H and O–H groups in total. The van der Waals surface area contributed by atoms with Gasteiger partial charge >= 0.3 is 14.4 Å². The van der Waals surface area contributed by atoms with Gasteiger partial charge < -0.3 is 24.6 Å². The molecule has 0 aliphatic heterocycles. The van der Waals surface area contributed by atoms with Gasteiger partial charge in [-0.15, -0.1) is 10.2 Å². The molecule has 1 unspecified atom stereocenters. The van der Waals surface area contributed by atoms with E-state index in [1.165, 1.54) is 19.1 Å². The summed E-state index contributed by atoms with van der Waals surface area (Å²) in [7, 11) is -3.18. The number of ether oxygens (including phenoxy) is 2. The van der Waals surface area contributed by atoms with Gasteiger partial charge in [0.2, 0.25) is 0 Å². The Morgan fingerprint density at radius 3 is 2.59 bits per heavy atom. The van der Waals surface area contributed by atoms with Crippen molar-refractivity contribution in [1.82, 2.24) is 10.2 Å². The number of hydrogen-bond acceptors (Lipinski definition) is 8. The predicted molar refractivity (Wildman–Crippen MR) is 115 cm³/mol. The van der Waals surface area contributed by atoms with Gasteiger partial charge in [0.05, 0.1) is 24.3 Å². The fourth-order valence-corrected chi connectivity index (χ4v) is 3.93. The number of rotatable bonds is 13. The van der Waals surface area contributed by atoms with Crippen LogP contribution in [0.2, 0.25) is 0 Å². The Kier molecular flexibility index (Phi) is 10.1. The first-order valence-corrected chi connectivity index (χ1v) is 12.0. The van der Waals surface area contributed by atoms with E-state index in [1.54, 1.807) is 0 Å². The first kappa shape index (κ1) is 26.7. The quantitative estimate of drug-likeness (QED) is 0.309. The molecule has 13 heteroatoms. The second-order valence-corrected chi connectivity index (χ2v) is 9.06. The van der Waals surface area contributed by atoms with Crippen molar-refractivity contribution in [3.05, 3.63) is 28.8 Å². The molecule has 180 valence electrons. The van der Waals surface area contributed by atoms with E-state index in [0.29, 0.717) is 6.61 Å². The topological polar surface area (TPSA) is 117 Å². The van der Waals surface area contributed by atoms with E-state index in [-0.39, 0.29) is 41.1 Å². The fourth-order valence-electron chi connectivity index (χ4n) is 2.62. The number of unbranched alkanes of at least 4 members (excludes halogenated alkanes) is 2. The van der Waals surface area contributed by atoms with Crippen molar-refractivity contribution in [2.45, 2.75) is 44.8 Å². The summed E-state index contributed by atoms with van der Waals surface area (Å²) in [5, 5.41) is 8.29. The van der Waals surface area contributed by atoms with Crippen LogP contribution in [0.4, 0.5) is 13.2 Å². The number of nitrogens with two attached hydrogens (primary N) is 1. The molecule has 0 radical (unpaired) electrons. The van der Waals surface area contributed by atoms with Crippen molar-refractivity contribution >= 4 is 19.6 Å². The zero-order valence-corrected chi connectivity index (χ0v) is 19.6. The molecule has 0 saturated carbocycles.